The number of hydrogen-bond acceptors (Lipinski definition) is 3. The van der Waals surface area contributed by atoms with Gasteiger partial charge in [-0.2, -0.15) is 0 Å². The second kappa shape index (κ2) is 8.03. The van der Waals surface area contributed by atoms with Crippen LogP contribution in [0.4, 0.5) is 5.69 Å². The van der Waals surface area contributed by atoms with Gasteiger partial charge in [-0.1, -0.05) is 12.1 Å². The quantitative estimate of drug-likeness (QED) is 0.643. The summed E-state index contributed by atoms with van der Waals surface area (Å²) in [5.41, 5.74) is 4.10. The number of aliphatic imine (C=N–C) groups is 1. The summed E-state index contributed by atoms with van der Waals surface area (Å²) >= 11 is 0. The van der Waals surface area contributed by atoms with Gasteiger partial charge in [-0.05, 0) is 37.0 Å². The van der Waals surface area contributed by atoms with Crippen LogP contribution in [-0.4, -0.2) is 46.4 Å². The maximum absolute atomic E-state index is 5.13. The van der Waals surface area contributed by atoms with Crippen LogP contribution in [0.1, 0.15) is 24.5 Å². The average Bonchev–Trinajstić information content (AvgIpc) is 2.51. The SMILES string of the molecule is CN=C(NCc1ccc2c(c1)CCCN2C)NC(C)COC. The molecular formula is C17H28N4O. The fraction of sp³-hybridized carbons (Fsp3) is 0.588. The molecule has 1 atom stereocenters. The summed E-state index contributed by atoms with van der Waals surface area (Å²) in [6.45, 7) is 4.66. The second-order valence-corrected chi connectivity index (χ2v) is 5.91. The number of methoxy groups -OCH3 is 1. The minimum absolute atomic E-state index is 0.230. The van der Waals surface area contributed by atoms with E-state index in [0.29, 0.717) is 6.61 Å². The van der Waals surface area contributed by atoms with Crippen LogP contribution in [0.15, 0.2) is 23.2 Å². The number of aryl methyl sites for hydroxylation is 1. The van der Waals surface area contributed by atoms with Crippen LogP contribution >= 0.6 is 0 Å². The molecule has 0 amide bonds. The molecule has 1 aromatic carbocycles. The van der Waals surface area contributed by atoms with Gasteiger partial charge in [0.15, 0.2) is 5.96 Å². The molecule has 122 valence electrons. The number of rotatable bonds is 5. The van der Waals surface area contributed by atoms with E-state index in [1.165, 1.54) is 29.7 Å². The van der Waals surface area contributed by atoms with E-state index in [9.17, 15) is 0 Å². The van der Waals surface area contributed by atoms with Gasteiger partial charge >= 0.3 is 0 Å². The van der Waals surface area contributed by atoms with Crippen LogP contribution in [-0.2, 0) is 17.7 Å². The van der Waals surface area contributed by atoms with Crippen LogP contribution in [0, 0.1) is 0 Å². The number of guanidine groups is 1. The molecule has 0 saturated carbocycles. The van der Waals surface area contributed by atoms with Crippen molar-refractivity contribution in [2.24, 2.45) is 4.99 Å². The molecular weight excluding hydrogens is 276 g/mol. The Hall–Kier alpha value is -1.75. The van der Waals surface area contributed by atoms with Gasteiger partial charge in [-0.3, -0.25) is 4.99 Å². The molecule has 2 N–H and O–H groups in total. The molecule has 1 aliphatic heterocycles. The summed E-state index contributed by atoms with van der Waals surface area (Å²) in [6.07, 6.45) is 2.41. The Morgan fingerprint density at radius 2 is 2.27 bits per heavy atom. The van der Waals surface area contributed by atoms with Crippen LogP contribution in [0.3, 0.4) is 0 Å². The van der Waals surface area contributed by atoms with Crippen LogP contribution in [0.25, 0.3) is 0 Å². The van der Waals surface area contributed by atoms with Gasteiger partial charge in [0, 0.05) is 46.0 Å². The van der Waals surface area contributed by atoms with E-state index in [2.05, 4.69) is 52.7 Å². The van der Waals surface area contributed by atoms with E-state index < -0.39 is 0 Å². The maximum Gasteiger partial charge on any atom is 0.191 e. The molecule has 0 aromatic heterocycles. The van der Waals surface area contributed by atoms with Crippen molar-refractivity contribution in [1.82, 2.24) is 10.6 Å². The zero-order valence-corrected chi connectivity index (χ0v) is 14.1. The molecule has 0 aliphatic carbocycles. The standard InChI is InChI=1S/C17H28N4O/c1-13(12-22-4)20-17(18-2)19-11-14-7-8-16-15(10-14)6-5-9-21(16)3/h7-8,10,13H,5-6,9,11-12H2,1-4H3,(H2,18,19,20). The number of nitrogens with zero attached hydrogens (tertiary/aromatic N) is 2. The molecule has 1 aliphatic rings. The Kier molecular flexibility index (Phi) is 6.07. The second-order valence-electron chi connectivity index (χ2n) is 5.91. The molecule has 2 rings (SSSR count). The largest absolute Gasteiger partial charge is 0.383 e. The van der Waals surface area contributed by atoms with Gasteiger partial charge in [0.2, 0.25) is 0 Å². The minimum atomic E-state index is 0.230. The van der Waals surface area contributed by atoms with E-state index in [-0.39, 0.29) is 6.04 Å². The highest BCUT2D eigenvalue weighted by Crippen LogP contribution is 2.26. The van der Waals surface area contributed by atoms with Gasteiger partial charge in [0.25, 0.3) is 0 Å². The van der Waals surface area contributed by atoms with Gasteiger partial charge in [0.05, 0.1) is 6.61 Å². The van der Waals surface area contributed by atoms with Crippen LogP contribution in [0.2, 0.25) is 0 Å². The van der Waals surface area contributed by atoms with Crippen molar-refractivity contribution < 1.29 is 4.74 Å². The minimum Gasteiger partial charge on any atom is -0.383 e. The first kappa shape index (κ1) is 16.6. The van der Waals surface area contributed by atoms with E-state index in [1.807, 2.05) is 0 Å². The lowest BCUT2D eigenvalue weighted by Gasteiger charge is -2.28. The van der Waals surface area contributed by atoms with Crippen molar-refractivity contribution in [2.75, 3.05) is 39.3 Å². The summed E-state index contributed by atoms with van der Waals surface area (Å²) < 4.78 is 5.13. The highest BCUT2D eigenvalue weighted by molar-refractivity contribution is 5.79. The molecule has 0 radical (unpaired) electrons. The zero-order chi connectivity index (χ0) is 15.9. The lowest BCUT2D eigenvalue weighted by atomic mass is 9.99. The predicted molar refractivity (Wildman–Crippen MR) is 92.7 cm³/mol. The molecule has 1 heterocycles. The van der Waals surface area contributed by atoms with Crippen molar-refractivity contribution in [3.8, 4) is 0 Å². The molecule has 0 bridgehead atoms. The number of hydrogen-bond donors (Lipinski definition) is 2. The van der Waals surface area contributed by atoms with Crippen molar-refractivity contribution in [1.29, 1.82) is 0 Å². The molecule has 5 heteroatoms. The predicted octanol–water partition coefficient (Wildman–Crippen LogP) is 1.77. The Bertz CT molecular complexity index is 515. The summed E-state index contributed by atoms with van der Waals surface area (Å²) in [4.78, 5) is 6.59. The normalized spacial score (nSPS) is 16.2. The lowest BCUT2D eigenvalue weighted by Crippen LogP contribution is -2.43. The van der Waals surface area contributed by atoms with E-state index >= 15 is 0 Å². The fourth-order valence-electron chi connectivity index (χ4n) is 2.85. The van der Waals surface area contributed by atoms with Crippen molar-refractivity contribution in [3.05, 3.63) is 29.3 Å². The Balaban J connectivity index is 1.93. The van der Waals surface area contributed by atoms with Crippen molar-refractivity contribution in [3.63, 3.8) is 0 Å². The molecule has 1 unspecified atom stereocenters. The topological polar surface area (TPSA) is 48.9 Å². The zero-order valence-electron chi connectivity index (χ0n) is 14.1. The molecule has 0 spiro atoms. The lowest BCUT2D eigenvalue weighted by molar-refractivity contribution is 0.179. The van der Waals surface area contributed by atoms with Crippen molar-refractivity contribution >= 4 is 11.6 Å². The van der Waals surface area contributed by atoms with Gasteiger partial charge < -0.3 is 20.3 Å². The third-order valence-electron chi connectivity index (χ3n) is 3.98. The molecule has 22 heavy (non-hydrogen) atoms. The molecule has 0 saturated heterocycles. The number of ether oxygens (including phenoxy) is 1. The van der Waals surface area contributed by atoms with Crippen molar-refractivity contribution in [2.45, 2.75) is 32.4 Å². The third kappa shape index (κ3) is 4.37. The number of nitrogens with one attached hydrogen (secondary N) is 2. The average molecular weight is 304 g/mol. The highest BCUT2D eigenvalue weighted by Gasteiger charge is 2.13. The molecule has 0 fully saturated rings. The summed E-state index contributed by atoms with van der Waals surface area (Å²) in [6, 6.07) is 6.96. The first-order valence-corrected chi connectivity index (χ1v) is 7.93. The fourth-order valence-corrected chi connectivity index (χ4v) is 2.85. The maximum atomic E-state index is 5.13. The Morgan fingerprint density at radius 1 is 1.45 bits per heavy atom. The third-order valence-corrected chi connectivity index (χ3v) is 3.98. The number of fused-ring (bicyclic) bond motifs is 1. The van der Waals surface area contributed by atoms with Gasteiger partial charge in [-0.25, -0.2) is 0 Å². The number of benzene rings is 1. The molecule has 1 aromatic rings. The van der Waals surface area contributed by atoms with E-state index in [4.69, 9.17) is 4.74 Å². The summed E-state index contributed by atoms with van der Waals surface area (Å²) in [5.74, 6) is 0.805. The van der Waals surface area contributed by atoms with Gasteiger partial charge in [-0.15, -0.1) is 0 Å². The smallest absolute Gasteiger partial charge is 0.191 e. The molecule has 5 nitrogen and oxygen atoms in total. The number of anilines is 1. The first-order chi connectivity index (χ1) is 10.6. The van der Waals surface area contributed by atoms with Gasteiger partial charge in [0.1, 0.15) is 0 Å². The summed E-state index contributed by atoms with van der Waals surface area (Å²) in [5, 5.41) is 6.68. The van der Waals surface area contributed by atoms with Crippen LogP contribution < -0.4 is 15.5 Å². The highest BCUT2D eigenvalue weighted by atomic mass is 16.5. The van der Waals surface area contributed by atoms with E-state index in [0.717, 1.165) is 19.0 Å². The first-order valence-electron chi connectivity index (χ1n) is 7.93. The Morgan fingerprint density at radius 3 is 3.00 bits per heavy atom. The monoisotopic (exact) mass is 304 g/mol. The Labute approximate surface area is 133 Å². The van der Waals surface area contributed by atoms with E-state index in [1.54, 1.807) is 14.2 Å². The van der Waals surface area contributed by atoms with Crippen LogP contribution in [0.5, 0.6) is 0 Å². The summed E-state index contributed by atoms with van der Waals surface area (Å²) in [7, 11) is 5.66.